The van der Waals surface area contributed by atoms with Crippen molar-refractivity contribution < 1.29 is 18.7 Å². The maximum absolute atomic E-state index is 13.2. The number of benzene rings is 1. The van der Waals surface area contributed by atoms with Gasteiger partial charge in [-0.2, -0.15) is 0 Å². The van der Waals surface area contributed by atoms with Crippen LogP contribution in [-0.2, 0) is 6.54 Å². The van der Waals surface area contributed by atoms with Gasteiger partial charge in [0.25, 0.3) is 0 Å². The van der Waals surface area contributed by atoms with Gasteiger partial charge < -0.3 is 14.8 Å². The van der Waals surface area contributed by atoms with Crippen molar-refractivity contribution in [2.45, 2.75) is 6.54 Å². The summed E-state index contributed by atoms with van der Waals surface area (Å²) in [5.41, 5.74) is 0.504. The summed E-state index contributed by atoms with van der Waals surface area (Å²) >= 11 is 11.3. The standard InChI is InChI=1S/C12H8Cl2FNO3/c13-8-3-6(4-9(14)11(8)15)16-5-7-1-2-10(19-7)12(17)18/h1-4,16H,5H2,(H,17,18). The van der Waals surface area contributed by atoms with Gasteiger partial charge in [0.1, 0.15) is 5.76 Å². The van der Waals surface area contributed by atoms with Crippen molar-refractivity contribution in [3.05, 3.63) is 51.6 Å². The minimum atomic E-state index is -1.14. The predicted octanol–water partition coefficient (Wildman–Crippen LogP) is 4.04. The van der Waals surface area contributed by atoms with E-state index in [1.54, 1.807) is 0 Å². The second kappa shape index (κ2) is 5.50. The summed E-state index contributed by atoms with van der Waals surface area (Å²) in [6, 6.07) is 5.64. The molecule has 0 aliphatic rings. The van der Waals surface area contributed by atoms with Crippen LogP contribution in [0.4, 0.5) is 10.1 Å². The smallest absolute Gasteiger partial charge is 0.371 e. The van der Waals surface area contributed by atoms with Gasteiger partial charge in [0.15, 0.2) is 5.82 Å². The van der Waals surface area contributed by atoms with Gasteiger partial charge in [0, 0.05) is 5.69 Å². The summed E-state index contributed by atoms with van der Waals surface area (Å²) in [6.45, 7) is 0.228. The summed E-state index contributed by atoms with van der Waals surface area (Å²) in [6.07, 6.45) is 0. The van der Waals surface area contributed by atoms with E-state index in [9.17, 15) is 9.18 Å². The van der Waals surface area contributed by atoms with E-state index in [2.05, 4.69) is 5.32 Å². The van der Waals surface area contributed by atoms with Crippen LogP contribution in [0.5, 0.6) is 0 Å². The van der Waals surface area contributed by atoms with Crippen LogP contribution < -0.4 is 5.32 Å². The summed E-state index contributed by atoms with van der Waals surface area (Å²) < 4.78 is 18.2. The number of carboxylic acids is 1. The molecular weight excluding hydrogens is 296 g/mol. The molecule has 0 aliphatic heterocycles. The van der Waals surface area contributed by atoms with Crippen molar-refractivity contribution in [3.63, 3.8) is 0 Å². The molecule has 0 spiro atoms. The number of nitrogens with one attached hydrogen (secondary N) is 1. The minimum absolute atomic E-state index is 0.0966. The first-order valence-corrected chi connectivity index (χ1v) is 5.93. The van der Waals surface area contributed by atoms with Crippen molar-refractivity contribution in [2.24, 2.45) is 0 Å². The van der Waals surface area contributed by atoms with E-state index >= 15 is 0 Å². The molecule has 100 valence electrons. The van der Waals surface area contributed by atoms with Crippen LogP contribution in [0.25, 0.3) is 0 Å². The van der Waals surface area contributed by atoms with Gasteiger partial charge >= 0.3 is 5.97 Å². The lowest BCUT2D eigenvalue weighted by Crippen LogP contribution is -1.99. The molecule has 0 saturated carbocycles. The third-order valence-corrected chi connectivity index (χ3v) is 2.87. The summed E-state index contributed by atoms with van der Waals surface area (Å²) in [7, 11) is 0. The lowest BCUT2D eigenvalue weighted by Gasteiger charge is -2.06. The molecule has 1 aromatic heterocycles. The molecule has 7 heteroatoms. The third kappa shape index (κ3) is 3.19. The van der Waals surface area contributed by atoms with E-state index in [1.807, 2.05) is 0 Å². The highest BCUT2D eigenvalue weighted by Crippen LogP contribution is 2.27. The van der Waals surface area contributed by atoms with E-state index in [0.717, 1.165) is 0 Å². The van der Waals surface area contributed by atoms with Crippen molar-refractivity contribution in [2.75, 3.05) is 5.32 Å². The number of anilines is 1. The number of rotatable bonds is 4. The number of hydrogen-bond donors (Lipinski definition) is 2. The lowest BCUT2D eigenvalue weighted by molar-refractivity contribution is 0.0660. The first-order valence-electron chi connectivity index (χ1n) is 5.18. The zero-order valence-corrected chi connectivity index (χ0v) is 10.9. The number of carboxylic acid groups (broad SMARTS) is 1. The van der Waals surface area contributed by atoms with Gasteiger partial charge in [0.05, 0.1) is 16.6 Å². The van der Waals surface area contributed by atoms with E-state index in [0.29, 0.717) is 11.4 Å². The van der Waals surface area contributed by atoms with Crippen molar-refractivity contribution in [1.29, 1.82) is 0 Å². The first kappa shape index (κ1) is 13.7. The molecule has 2 rings (SSSR count). The molecule has 19 heavy (non-hydrogen) atoms. The highest BCUT2D eigenvalue weighted by molar-refractivity contribution is 6.35. The highest BCUT2D eigenvalue weighted by atomic mass is 35.5. The van der Waals surface area contributed by atoms with Crippen LogP contribution in [0.1, 0.15) is 16.3 Å². The molecular formula is C12H8Cl2FNO3. The largest absolute Gasteiger partial charge is 0.475 e. The van der Waals surface area contributed by atoms with E-state index in [4.69, 9.17) is 32.7 Å². The molecule has 2 N–H and O–H groups in total. The molecule has 0 saturated heterocycles. The van der Waals surface area contributed by atoms with Crippen LogP contribution in [-0.4, -0.2) is 11.1 Å². The molecule has 2 aromatic rings. The summed E-state index contributed by atoms with van der Waals surface area (Å²) in [5.74, 6) is -1.54. The van der Waals surface area contributed by atoms with Gasteiger partial charge in [-0.1, -0.05) is 23.2 Å². The number of hydrogen-bond acceptors (Lipinski definition) is 3. The Hall–Kier alpha value is -1.72. The SMILES string of the molecule is O=C(O)c1ccc(CNc2cc(Cl)c(F)c(Cl)c2)o1. The van der Waals surface area contributed by atoms with Crippen molar-refractivity contribution in [1.82, 2.24) is 0 Å². The number of furan rings is 1. The Morgan fingerprint density at radius 1 is 1.32 bits per heavy atom. The Labute approximate surface area is 117 Å². The van der Waals surface area contributed by atoms with Crippen LogP contribution in [0.2, 0.25) is 10.0 Å². The van der Waals surface area contributed by atoms with Crippen LogP contribution in [0, 0.1) is 5.82 Å². The van der Waals surface area contributed by atoms with Gasteiger partial charge in [-0.25, -0.2) is 9.18 Å². The minimum Gasteiger partial charge on any atom is -0.475 e. The molecule has 0 amide bonds. The fourth-order valence-corrected chi connectivity index (χ4v) is 1.92. The molecule has 0 atom stereocenters. The lowest BCUT2D eigenvalue weighted by atomic mass is 10.3. The van der Waals surface area contributed by atoms with Crippen LogP contribution in [0.3, 0.4) is 0 Å². The predicted molar refractivity (Wildman–Crippen MR) is 69.4 cm³/mol. The molecule has 0 bridgehead atoms. The number of aromatic carboxylic acids is 1. The van der Waals surface area contributed by atoms with E-state index < -0.39 is 11.8 Å². The highest BCUT2D eigenvalue weighted by Gasteiger charge is 2.10. The van der Waals surface area contributed by atoms with Crippen LogP contribution >= 0.6 is 23.2 Å². The summed E-state index contributed by atoms with van der Waals surface area (Å²) in [4.78, 5) is 10.6. The number of halogens is 3. The monoisotopic (exact) mass is 303 g/mol. The second-order valence-electron chi connectivity index (χ2n) is 3.68. The molecule has 0 radical (unpaired) electrons. The summed E-state index contributed by atoms with van der Waals surface area (Å²) in [5, 5.41) is 11.4. The van der Waals surface area contributed by atoms with E-state index in [1.165, 1.54) is 24.3 Å². The Bertz CT molecular complexity index is 604. The Morgan fingerprint density at radius 3 is 2.47 bits per heavy atom. The fourth-order valence-electron chi connectivity index (χ4n) is 1.43. The van der Waals surface area contributed by atoms with Crippen molar-refractivity contribution in [3.8, 4) is 0 Å². The van der Waals surface area contributed by atoms with Crippen LogP contribution in [0.15, 0.2) is 28.7 Å². The fraction of sp³-hybridized carbons (Fsp3) is 0.0833. The quantitative estimate of drug-likeness (QED) is 0.837. The Morgan fingerprint density at radius 2 is 1.95 bits per heavy atom. The molecule has 4 nitrogen and oxygen atoms in total. The average Bonchev–Trinajstić information content (AvgIpc) is 2.82. The second-order valence-corrected chi connectivity index (χ2v) is 4.49. The molecule has 1 heterocycles. The molecule has 0 unspecified atom stereocenters. The van der Waals surface area contributed by atoms with Gasteiger partial charge in [-0.15, -0.1) is 0 Å². The van der Waals surface area contributed by atoms with Gasteiger partial charge in [-0.05, 0) is 24.3 Å². The van der Waals surface area contributed by atoms with Crippen molar-refractivity contribution >= 4 is 34.9 Å². The number of carbonyl (C=O) groups is 1. The third-order valence-electron chi connectivity index (χ3n) is 2.32. The topological polar surface area (TPSA) is 62.5 Å². The zero-order valence-electron chi connectivity index (χ0n) is 9.41. The van der Waals surface area contributed by atoms with Gasteiger partial charge in [-0.3, -0.25) is 0 Å². The average molecular weight is 304 g/mol. The molecule has 1 aromatic carbocycles. The first-order chi connectivity index (χ1) is 8.97. The molecule has 0 aliphatic carbocycles. The Kier molecular flexibility index (Phi) is 3.97. The van der Waals surface area contributed by atoms with Gasteiger partial charge in [0.2, 0.25) is 5.76 Å². The van der Waals surface area contributed by atoms with E-state index in [-0.39, 0.29) is 22.4 Å². The zero-order chi connectivity index (χ0) is 14.0. The maximum atomic E-state index is 13.2. The maximum Gasteiger partial charge on any atom is 0.371 e. The normalized spacial score (nSPS) is 10.5. The molecule has 0 fully saturated rings. The Balaban J connectivity index is 2.08.